The normalized spacial score (nSPS) is 21.9. The Morgan fingerprint density at radius 1 is 0.872 bits per heavy atom. The summed E-state index contributed by atoms with van der Waals surface area (Å²) in [6.07, 6.45) is 10.2. The fraction of sp³-hybridized carbons (Fsp3) is 0.485. The van der Waals surface area contributed by atoms with Crippen molar-refractivity contribution in [1.82, 2.24) is 4.90 Å². The number of halogens is 1. The zero-order valence-electron chi connectivity index (χ0n) is 22.8. The van der Waals surface area contributed by atoms with Crippen LogP contribution in [-0.4, -0.2) is 50.1 Å². The first-order valence-electron chi connectivity index (χ1n) is 14.9. The molecule has 0 radical (unpaired) electrons. The zero-order valence-corrected chi connectivity index (χ0v) is 22.8. The molecule has 1 aliphatic carbocycles. The summed E-state index contributed by atoms with van der Waals surface area (Å²) in [5, 5.41) is 4.93. The molecule has 5 nitrogen and oxygen atoms in total. The van der Waals surface area contributed by atoms with Gasteiger partial charge >= 0.3 is 0 Å². The number of hydrogen-bond donors (Lipinski definition) is 1. The molecule has 2 aliphatic heterocycles. The van der Waals surface area contributed by atoms with Crippen molar-refractivity contribution in [3.8, 4) is 5.75 Å². The largest absolute Gasteiger partial charge is 0.492 e. The van der Waals surface area contributed by atoms with Crippen molar-refractivity contribution in [2.45, 2.75) is 51.4 Å². The molecule has 2 atom stereocenters. The molecule has 6 heteroatoms. The topological polar surface area (TPSA) is 44.8 Å². The van der Waals surface area contributed by atoms with Gasteiger partial charge in [0.15, 0.2) is 0 Å². The van der Waals surface area contributed by atoms with Crippen molar-refractivity contribution >= 4 is 28.1 Å². The van der Waals surface area contributed by atoms with Crippen LogP contribution < -0.4 is 15.0 Å². The number of ether oxygens (including phenoxy) is 1. The number of nitrogens with zero attached hydrogens (tertiary/aromatic N) is 2. The van der Waals surface area contributed by atoms with E-state index in [0.717, 1.165) is 67.3 Å². The fourth-order valence-electron chi connectivity index (χ4n) is 6.89. The van der Waals surface area contributed by atoms with Crippen LogP contribution in [0.5, 0.6) is 5.75 Å². The number of amides is 1. The molecule has 0 bridgehead atoms. The number of likely N-dealkylation sites (tertiary alicyclic amines) is 1. The molecule has 0 aromatic heterocycles. The second-order valence-corrected chi connectivity index (χ2v) is 11.6. The quantitative estimate of drug-likeness (QED) is 0.354. The molecule has 206 valence electrons. The Kier molecular flexibility index (Phi) is 8.00. The van der Waals surface area contributed by atoms with Crippen LogP contribution >= 0.6 is 0 Å². The predicted molar refractivity (Wildman–Crippen MR) is 156 cm³/mol. The van der Waals surface area contributed by atoms with Gasteiger partial charge in [-0.15, -0.1) is 0 Å². The van der Waals surface area contributed by atoms with Crippen molar-refractivity contribution in [3.63, 3.8) is 0 Å². The minimum atomic E-state index is -0.370. The monoisotopic (exact) mass is 529 g/mol. The summed E-state index contributed by atoms with van der Waals surface area (Å²) in [6, 6.07) is 16.6. The number of hydrogen-bond acceptors (Lipinski definition) is 4. The maximum Gasteiger partial charge on any atom is 0.255 e. The Labute approximate surface area is 231 Å². The summed E-state index contributed by atoms with van der Waals surface area (Å²) in [4.78, 5) is 18.1. The lowest BCUT2D eigenvalue weighted by Gasteiger charge is -2.42. The van der Waals surface area contributed by atoms with Crippen molar-refractivity contribution in [2.24, 2.45) is 11.8 Å². The van der Waals surface area contributed by atoms with Gasteiger partial charge in [0.25, 0.3) is 5.91 Å². The smallest absolute Gasteiger partial charge is 0.255 e. The summed E-state index contributed by atoms with van der Waals surface area (Å²) in [5.41, 5.74) is 1.86. The van der Waals surface area contributed by atoms with Gasteiger partial charge in [0.1, 0.15) is 18.2 Å². The fourth-order valence-corrected chi connectivity index (χ4v) is 6.89. The summed E-state index contributed by atoms with van der Waals surface area (Å²) in [7, 11) is 0. The number of anilines is 2. The van der Waals surface area contributed by atoms with Crippen LogP contribution in [0.2, 0.25) is 0 Å². The van der Waals surface area contributed by atoms with Crippen molar-refractivity contribution < 1.29 is 13.9 Å². The van der Waals surface area contributed by atoms with Crippen LogP contribution in [-0.2, 0) is 0 Å². The number of piperidine rings is 2. The van der Waals surface area contributed by atoms with E-state index in [1.165, 1.54) is 51.0 Å². The van der Waals surface area contributed by atoms with Crippen molar-refractivity contribution in [1.29, 1.82) is 0 Å². The number of nitrogens with one attached hydrogen (secondary N) is 1. The van der Waals surface area contributed by atoms with E-state index in [1.54, 1.807) is 6.07 Å². The third-order valence-electron chi connectivity index (χ3n) is 9.05. The molecule has 3 aromatic rings. The predicted octanol–water partition coefficient (Wildman–Crippen LogP) is 7.11. The van der Waals surface area contributed by atoms with Gasteiger partial charge in [-0.05, 0) is 80.9 Å². The number of rotatable bonds is 7. The molecule has 1 N–H and O–H groups in total. The van der Waals surface area contributed by atoms with Crippen LogP contribution in [0.3, 0.4) is 0 Å². The highest BCUT2D eigenvalue weighted by Gasteiger charge is 2.31. The summed E-state index contributed by atoms with van der Waals surface area (Å²) >= 11 is 0. The lowest BCUT2D eigenvalue weighted by atomic mass is 9.75. The lowest BCUT2D eigenvalue weighted by Crippen LogP contribution is -2.41. The van der Waals surface area contributed by atoms with Crippen LogP contribution in [0.1, 0.15) is 61.7 Å². The highest BCUT2D eigenvalue weighted by atomic mass is 19.1. The van der Waals surface area contributed by atoms with E-state index in [2.05, 4.69) is 15.1 Å². The van der Waals surface area contributed by atoms with Crippen molar-refractivity contribution in [2.75, 3.05) is 49.5 Å². The molecule has 3 aliphatic rings. The second kappa shape index (κ2) is 12.0. The van der Waals surface area contributed by atoms with E-state index < -0.39 is 0 Å². The van der Waals surface area contributed by atoms with Gasteiger partial charge in [-0.1, -0.05) is 49.9 Å². The third kappa shape index (κ3) is 6.06. The molecule has 3 fully saturated rings. The molecular formula is C33H40FN3O2. The van der Waals surface area contributed by atoms with Crippen LogP contribution in [0.4, 0.5) is 15.8 Å². The summed E-state index contributed by atoms with van der Waals surface area (Å²) in [5.74, 6) is 1.63. The molecule has 39 heavy (non-hydrogen) atoms. The Bertz CT molecular complexity index is 1310. The SMILES string of the molecule is O=C(Nc1ccc(OCCN2CCCCC2)c2ccccc12)c1cc(F)cc(N2CCC3CCCCC3C2)c1. The summed E-state index contributed by atoms with van der Waals surface area (Å²) in [6.45, 7) is 5.74. The van der Waals surface area contributed by atoms with E-state index in [9.17, 15) is 9.18 Å². The Balaban J connectivity index is 1.16. The highest BCUT2D eigenvalue weighted by Crippen LogP contribution is 2.38. The van der Waals surface area contributed by atoms with E-state index in [1.807, 2.05) is 42.5 Å². The standard InChI is InChI=1S/C33H40FN3O2/c34-27-20-26(21-28(22-27)37-17-14-24-8-2-3-9-25(24)23-37)33(38)35-31-12-13-32(30-11-5-4-10-29(30)31)39-19-18-36-15-6-1-7-16-36/h4-5,10-13,20-22,24-25H,1-3,6-9,14-19,23H2,(H,35,38). The van der Waals surface area contributed by atoms with Gasteiger partial charge in [0.05, 0.1) is 0 Å². The van der Waals surface area contributed by atoms with Crippen LogP contribution in [0.25, 0.3) is 10.8 Å². The molecule has 6 rings (SSSR count). The van der Waals surface area contributed by atoms with E-state index >= 15 is 0 Å². The molecular weight excluding hydrogens is 489 g/mol. The number of carbonyl (C=O) groups is 1. The molecule has 2 saturated heterocycles. The lowest BCUT2D eigenvalue weighted by molar-refractivity contribution is 0.102. The molecule has 1 amide bonds. The van der Waals surface area contributed by atoms with E-state index in [0.29, 0.717) is 23.8 Å². The Hall–Kier alpha value is -3.12. The number of carbonyl (C=O) groups excluding carboxylic acids is 1. The van der Waals surface area contributed by atoms with Crippen LogP contribution in [0.15, 0.2) is 54.6 Å². The van der Waals surface area contributed by atoms with Gasteiger partial charge in [-0.2, -0.15) is 0 Å². The van der Waals surface area contributed by atoms with Crippen LogP contribution in [0, 0.1) is 17.7 Å². The summed E-state index contributed by atoms with van der Waals surface area (Å²) < 4.78 is 20.9. The maximum atomic E-state index is 14.7. The van der Waals surface area contributed by atoms with Gasteiger partial charge in [0, 0.05) is 47.3 Å². The number of benzene rings is 3. The van der Waals surface area contributed by atoms with Gasteiger partial charge in [-0.3, -0.25) is 9.69 Å². The minimum absolute atomic E-state index is 0.299. The average Bonchev–Trinajstić information content (AvgIpc) is 2.98. The maximum absolute atomic E-state index is 14.7. The van der Waals surface area contributed by atoms with Gasteiger partial charge < -0.3 is 15.0 Å². The van der Waals surface area contributed by atoms with E-state index in [4.69, 9.17) is 4.74 Å². The first-order valence-corrected chi connectivity index (χ1v) is 14.9. The van der Waals surface area contributed by atoms with Gasteiger partial charge in [0.2, 0.25) is 0 Å². The van der Waals surface area contributed by atoms with Crippen molar-refractivity contribution in [3.05, 3.63) is 66.0 Å². The zero-order chi connectivity index (χ0) is 26.6. The first kappa shape index (κ1) is 26.1. The molecule has 3 aromatic carbocycles. The molecule has 1 saturated carbocycles. The molecule has 2 unspecified atom stereocenters. The first-order chi connectivity index (χ1) is 19.1. The number of fused-ring (bicyclic) bond motifs is 2. The molecule has 2 heterocycles. The van der Waals surface area contributed by atoms with E-state index in [-0.39, 0.29) is 11.7 Å². The second-order valence-electron chi connectivity index (χ2n) is 11.6. The third-order valence-corrected chi connectivity index (χ3v) is 9.05. The Morgan fingerprint density at radius 3 is 2.51 bits per heavy atom. The average molecular weight is 530 g/mol. The van der Waals surface area contributed by atoms with Gasteiger partial charge in [-0.25, -0.2) is 4.39 Å². The minimum Gasteiger partial charge on any atom is -0.492 e. The molecule has 0 spiro atoms. The highest BCUT2D eigenvalue weighted by molar-refractivity contribution is 6.10. The Morgan fingerprint density at radius 2 is 1.67 bits per heavy atom.